The SMILES string of the molecule is C[C@@H](N)C1C=C1. The minimum atomic E-state index is 0.352. The molecule has 0 saturated carbocycles. The molecule has 6 heavy (non-hydrogen) atoms. The zero-order chi connectivity index (χ0) is 4.57. The fraction of sp³-hybridized carbons (Fsp3) is 0.600. The van der Waals surface area contributed by atoms with Gasteiger partial charge in [0.05, 0.1) is 0 Å². The van der Waals surface area contributed by atoms with Crippen LogP contribution < -0.4 is 5.73 Å². The first kappa shape index (κ1) is 3.88. The Bertz CT molecular complexity index is 68.0. The predicted octanol–water partition coefficient (Wildman–Crippen LogP) is 0.520. The van der Waals surface area contributed by atoms with E-state index in [0.717, 1.165) is 0 Å². The van der Waals surface area contributed by atoms with E-state index in [9.17, 15) is 0 Å². The molecule has 0 saturated heterocycles. The minimum absolute atomic E-state index is 0.352. The molecule has 0 aromatic rings. The van der Waals surface area contributed by atoms with E-state index in [1.807, 2.05) is 6.92 Å². The summed E-state index contributed by atoms with van der Waals surface area (Å²) in [5.41, 5.74) is 5.44. The monoisotopic (exact) mass is 83.1 g/mol. The second-order valence-corrected chi connectivity index (χ2v) is 1.82. The molecular formula is C5H9N. The molecule has 1 rings (SSSR count). The quantitative estimate of drug-likeness (QED) is 0.459. The third kappa shape index (κ3) is 0.601. The fourth-order valence-corrected chi connectivity index (χ4v) is 0.415. The molecule has 0 amide bonds. The molecule has 1 aliphatic carbocycles. The van der Waals surface area contributed by atoms with E-state index in [1.165, 1.54) is 0 Å². The van der Waals surface area contributed by atoms with Crippen LogP contribution in [0.15, 0.2) is 12.2 Å². The largest absolute Gasteiger partial charge is 0.327 e. The van der Waals surface area contributed by atoms with Gasteiger partial charge in [-0.15, -0.1) is 0 Å². The molecule has 34 valence electrons. The summed E-state index contributed by atoms with van der Waals surface area (Å²) >= 11 is 0. The molecule has 0 fully saturated rings. The van der Waals surface area contributed by atoms with Gasteiger partial charge in [0.15, 0.2) is 0 Å². The van der Waals surface area contributed by atoms with E-state index in [-0.39, 0.29) is 0 Å². The van der Waals surface area contributed by atoms with Crippen LogP contribution in [0.1, 0.15) is 6.92 Å². The van der Waals surface area contributed by atoms with Crippen LogP contribution in [0.5, 0.6) is 0 Å². The maximum absolute atomic E-state index is 5.44. The van der Waals surface area contributed by atoms with Gasteiger partial charge in [-0.25, -0.2) is 0 Å². The number of rotatable bonds is 1. The maximum Gasteiger partial charge on any atom is 0.0108 e. The average Bonchev–Trinajstić information content (AvgIpc) is 2.06. The Morgan fingerprint density at radius 1 is 1.67 bits per heavy atom. The minimum Gasteiger partial charge on any atom is -0.327 e. The third-order valence-corrected chi connectivity index (χ3v) is 1.02. The van der Waals surface area contributed by atoms with Gasteiger partial charge in [0, 0.05) is 12.0 Å². The molecule has 0 aromatic heterocycles. The van der Waals surface area contributed by atoms with Crippen molar-refractivity contribution in [1.29, 1.82) is 0 Å². The standard InChI is InChI=1S/C5H9N/c1-4(6)5-2-3-5/h2-5H,6H2,1H3/t4-/m1/s1. The number of hydrogen-bond donors (Lipinski definition) is 1. The highest BCUT2D eigenvalue weighted by molar-refractivity contribution is 5.16. The highest BCUT2D eigenvalue weighted by Gasteiger charge is 2.14. The molecule has 0 heterocycles. The Morgan fingerprint density at radius 3 is 2.17 bits per heavy atom. The normalized spacial score (nSPS) is 24.3. The summed E-state index contributed by atoms with van der Waals surface area (Å²) in [6.07, 6.45) is 4.23. The van der Waals surface area contributed by atoms with Crippen molar-refractivity contribution >= 4 is 0 Å². The number of hydrogen-bond acceptors (Lipinski definition) is 1. The molecule has 1 heteroatoms. The fourth-order valence-electron chi connectivity index (χ4n) is 0.415. The van der Waals surface area contributed by atoms with Crippen molar-refractivity contribution in [1.82, 2.24) is 0 Å². The molecule has 1 atom stereocenters. The molecule has 0 radical (unpaired) electrons. The Morgan fingerprint density at radius 2 is 2.17 bits per heavy atom. The molecule has 1 nitrogen and oxygen atoms in total. The summed E-state index contributed by atoms with van der Waals surface area (Å²) in [5, 5.41) is 0. The van der Waals surface area contributed by atoms with Gasteiger partial charge in [-0.3, -0.25) is 0 Å². The van der Waals surface area contributed by atoms with E-state index in [4.69, 9.17) is 5.73 Å². The van der Waals surface area contributed by atoms with Crippen molar-refractivity contribution in [2.24, 2.45) is 11.7 Å². The van der Waals surface area contributed by atoms with Gasteiger partial charge in [-0.2, -0.15) is 0 Å². The molecule has 1 aliphatic rings. The first-order chi connectivity index (χ1) is 2.80. The molecule has 0 aliphatic heterocycles. The van der Waals surface area contributed by atoms with Gasteiger partial charge in [0.1, 0.15) is 0 Å². The van der Waals surface area contributed by atoms with Crippen LogP contribution in [0.25, 0.3) is 0 Å². The van der Waals surface area contributed by atoms with E-state index < -0.39 is 0 Å². The smallest absolute Gasteiger partial charge is 0.0108 e. The van der Waals surface area contributed by atoms with Gasteiger partial charge in [-0.05, 0) is 6.92 Å². The van der Waals surface area contributed by atoms with Crippen molar-refractivity contribution in [3.63, 3.8) is 0 Å². The Balaban J connectivity index is 2.16. The van der Waals surface area contributed by atoms with Gasteiger partial charge in [-0.1, -0.05) is 12.2 Å². The van der Waals surface area contributed by atoms with Crippen LogP contribution in [-0.2, 0) is 0 Å². The van der Waals surface area contributed by atoms with Gasteiger partial charge in [0.2, 0.25) is 0 Å². The zero-order valence-electron chi connectivity index (χ0n) is 3.89. The summed E-state index contributed by atoms with van der Waals surface area (Å²) in [6.45, 7) is 2.02. The zero-order valence-corrected chi connectivity index (χ0v) is 3.89. The van der Waals surface area contributed by atoms with E-state index in [1.54, 1.807) is 0 Å². The third-order valence-electron chi connectivity index (χ3n) is 1.02. The summed E-state index contributed by atoms with van der Waals surface area (Å²) < 4.78 is 0. The molecule has 0 unspecified atom stereocenters. The molecule has 2 N–H and O–H groups in total. The lowest BCUT2D eigenvalue weighted by molar-refractivity contribution is 0.692. The van der Waals surface area contributed by atoms with Gasteiger partial charge in [0.25, 0.3) is 0 Å². The highest BCUT2D eigenvalue weighted by Crippen LogP contribution is 2.17. The van der Waals surface area contributed by atoms with Crippen LogP contribution in [0.3, 0.4) is 0 Å². The van der Waals surface area contributed by atoms with Crippen LogP contribution in [0.4, 0.5) is 0 Å². The van der Waals surface area contributed by atoms with E-state index in [0.29, 0.717) is 12.0 Å². The lowest BCUT2D eigenvalue weighted by atomic mass is 10.2. The number of nitrogens with two attached hydrogens (primary N) is 1. The Labute approximate surface area is 37.8 Å². The van der Waals surface area contributed by atoms with Crippen molar-refractivity contribution in [2.45, 2.75) is 13.0 Å². The second-order valence-electron chi connectivity index (χ2n) is 1.82. The summed E-state index contributed by atoms with van der Waals surface area (Å²) in [5.74, 6) is 0.630. The first-order valence-corrected chi connectivity index (χ1v) is 2.24. The Kier molecular flexibility index (Phi) is 0.701. The predicted molar refractivity (Wildman–Crippen MR) is 26.3 cm³/mol. The molecule has 0 bridgehead atoms. The van der Waals surface area contributed by atoms with E-state index in [2.05, 4.69) is 12.2 Å². The molecular weight excluding hydrogens is 74.1 g/mol. The van der Waals surface area contributed by atoms with Crippen molar-refractivity contribution in [2.75, 3.05) is 0 Å². The van der Waals surface area contributed by atoms with Crippen molar-refractivity contribution in [3.8, 4) is 0 Å². The van der Waals surface area contributed by atoms with Crippen LogP contribution >= 0.6 is 0 Å². The van der Waals surface area contributed by atoms with Crippen LogP contribution in [0, 0.1) is 5.92 Å². The molecule has 0 aromatic carbocycles. The summed E-state index contributed by atoms with van der Waals surface area (Å²) in [6, 6.07) is 0.352. The van der Waals surface area contributed by atoms with E-state index >= 15 is 0 Å². The lowest BCUT2D eigenvalue weighted by Crippen LogP contribution is -2.17. The summed E-state index contributed by atoms with van der Waals surface area (Å²) in [7, 11) is 0. The summed E-state index contributed by atoms with van der Waals surface area (Å²) in [4.78, 5) is 0. The van der Waals surface area contributed by atoms with Crippen molar-refractivity contribution in [3.05, 3.63) is 12.2 Å². The maximum atomic E-state index is 5.44. The second kappa shape index (κ2) is 1.09. The van der Waals surface area contributed by atoms with Crippen LogP contribution in [0.2, 0.25) is 0 Å². The molecule has 0 spiro atoms. The van der Waals surface area contributed by atoms with Crippen LogP contribution in [-0.4, -0.2) is 6.04 Å². The lowest BCUT2D eigenvalue weighted by Gasteiger charge is -1.96. The topological polar surface area (TPSA) is 26.0 Å². The highest BCUT2D eigenvalue weighted by atomic mass is 14.6. The van der Waals surface area contributed by atoms with Gasteiger partial charge < -0.3 is 5.73 Å². The average molecular weight is 83.1 g/mol. The van der Waals surface area contributed by atoms with Gasteiger partial charge >= 0.3 is 0 Å². The Hall–Kier alpha value is -0.300. The van der Waals surface area contributed by atoms with Crippen molar-refractivity contribution < 1.29 is 0 Å². The first-order valence-electron chi connectivity index (χ1n) is 2.24.